The second-order valence-corrected chi connectivity index (χ2v) is 10.1. The van der Waals surface area contributed by atoms with E-state index in [0.29, 0.717) is 6.61 Å². The highest BCUT2D eigenvalue weighted by atomic mass is 28.4. The second-order valence-electron chi connectivity index (χ2n) is 7.15. The Kier molecular flexibility index (Phi) is 10.9. The number of hydrogen-bond acceptors (Lipinski definition) is 2. The molecule has 0 aromatic heterocycles. The molecular formula is C25H36O2Si. The lowest BCUT2D eigenvalue weighted by atomic mass is 10.2. The highest BCUT2D eigenvalue weighted by Gasteiger charge is 2.42. The lowest BCUT2D eigenvalue weighted by Crippen LogP contribution is -2.63. The second kappa shape index (κ2) is 13.5. The molecule has 0 aliphatic carbocycles. The average molecular weight is 397 g/mol. The van der Waals surface area contributed by atoms with Gasteiger partial charge >= 0.3 is 8.56 Å². The van der Waals surface area contributed by atoms with Crippen molar-refractivity contribution in [1.29, 1.82) is 0 Å². The van der Waals surface area contributed by atoms with Crippen molar-refractivity contribution >= 4 is 18.9 Å². The van der Waals surface area contributed by atoms with Gasteiger partial charge in [-0.05, 0) is 36.1 Å². The van der Waals surface area contributed by atoms with Gasteiger partial charge < -0.3 is 8.85 Å². The van der Waals surface area contributed by atoms with Gasteiger partial charge in [-0.2, -0.15) is 0 Å². The monoisotopic (exact) mass is 396 g/mol. The molecule has 0 heterocycles. The van der Waals surface area contributed by atoms with Crippen LogP contribution in [0.2, 0.25) is 0 Å². The van der Waals surface area contributed by atoms with E-state index in [1.165, 1.54) is 36.1 Å². The van der Waals surface area contributed by atoms with E-state index in [9.17, 15) is 0 Å². The maximum Gasteiger partial charge on any atom is 0.407 e. The largest absolute Gasteiger partial charge is 0.407 e. The Labute approximate surface area is 172 Å². The minimum absolute atomic E-state index is 0.687. The van der Waals surface area contributed by atoms with Gasteiger partial charge in [0, 0.05) is 13.2 Å². The first-order chi connectivity index (χ1) is 13.8. The van der Waals surface area contributed by atoms with Gasteiger partial charge in [-0.25, -0.2) is 0 Å². The van der Waals surface area contributed by atoms with Crippen molar-refractivity contribution in [1.82, 2.24) is 0 Å². The fraction of sp³-hybridized carbons (Fsp3) is 0.440. The SMILES string of the molecule is CCCCC/C=C/CCO[Si](OCCCC)(c1ccccc1)c1ccccc1. The molecule has 28 heavy (non-hydrogen) atoms. The number of rotatable bonds is 14. The zero-order chi connectivity index (χ0) is 19.9. The standard InChI is InChI=1S/C25H36O2Si/c1-3-5-7-8-9-10-17-23-27-28(26-22-6-4-2,24-18-13-11-14-19-24)25-20-15-12-16-21-25/h9-16,18-21H,3-8,17,22-23H2,1-2H3/b10-9+. The molecule has 0 fully saturated rings. The first-order valence-electron chi connectivity index (χ1n) is 10.9. The van der Waals surface area contributed by atoms with Crippen LogP contribution in [-0.2, 0) is 8.85 Å². The molecule has 152 valence electrons. The third-order valence-corrected chi connectivity index (χ3v) is 8.25. The van der Waals surface area contributed by atoms with E-state index >= 15 is 0 Å². The Morgan fingerprint density at radius 3 is 1.75 bits per heavy atom. The summed E-state index contributed by atoms with van der Waals surface area (Å²) < 4.78 is 13.2. The quantitative estimate of drug-likeness (QED) is 0.235. The molecule has 2 aromatic rings. The van der Waals surface area contributed by atoms with Crippen molar-refractivity contribution in [3.8, 4) is 0 Å². The first kappa shape index (κ1) is 22.6. The summed E-state index contributed by atoms with van der Waals surface area (Å²) in [7, 11) is -2.70. The van der Waals surface area contributed by atoms with Crippen molar-refractivity contribution in [2.24, 2.45) is 0 Å². The third kappa shape index (κ3) is 7.05. The summed E-state index contributed by atoms with van der Waals surface area (Å²) in [4.78, 5) is 0. The van der Waals surface area contributed by atoms with E-state index in [0.717, 1.165) is 25.9 Å². The Morgan fingerprint density at radius 1 is 0.643 bits per heavy atom. The summed E-state index contributed by atoms with van der Waals surface area (Å²) in [6.07, 6.45) is 12.7. The van der Waals surface area contributed by atoms with Gasteiger partial charge in [0.15, 0.2) is 0 Å². The van der Waals surface area contributed by atoms with Crippen molar-refractivity contribution in [3.63, 3.8) is 0 Å². The van der Waals surface area contributed by atoms with E-state index in [1.54, 1.807) is 0 Å². The molecule has 0 aliphatic heterocycles. The summed E-state index contributed by atoms with van der Waals surface area (Å²) in [5, 5.41) is 2.37. The van der Waals surface area contributed by atoms with Crippen molar-refractivity contribution < 1.29 is 8.85 Å². The van der Waals surface area contributed by atoms with E-state index in [2.05, 4.69) is 86.7 Å². The van der Waals surface area contributed by atoms with Crippen LogP contribution in [0.1, 0.15) is 58.8 Å². The van der Waals surface area contributed by atoms with E-state index < -0.39 is 8.56 Å². The zero-order valence-electron chi connectivity index (χ0n) is 17.6. The van der Waals surface area contributed by atoms with Crippen LogP contribution >= 0.6 is 0 Å². The fourth-order valence-corrected chi connectivity index (χ4v) is 6.42. The van der Waals surface area contributed by atoms with Gasteiger partial charge in [-0.15, -0.1) is 0 Å². The zero-order valence-corrected chi connectivity index (χ0v) is 18.6. The van der Waals surface area contributed by atoms with Gasteiger partial charge in [0.1, 0.15) is 0 Å². The summed E-state index contributed by atoms with van der Waals surface area (Å²) in [6.45, 7) is 5.86. The molecule has 0 atom stereocenters. The molecule has 0 unspecified atom stereocenters. The van der Waals surface area contributed by atoms with Crippen molar-refractivity contribution in [3.05, 3.63) is 72.8 Å². The van der Waals surface area contributed by atoms with Gasteiger partial charge in [0.2, 0.25) is 0 Å². The van der Waals surface area contributed by atoms with Crippen molar-refractivity contribution in [2.45, 2.75) is 58.8 Å². The van der Waals surface area contributed by atoms with E-state index in [-0.39, 0.29) is 0 Å². The van der Waals surface area contributed by atoms with Crippen LogP contribution in [0.4, 0.5) is 0 Å². The predicted octanol–water partition coefficient (Wildman–Crippen LogP) is 5.60. The van der Waals surface area contributed by atoms with Gasteiger partial charge in [0.25, 0.3) is 0 Å². The Hall–Kier alpha value is -1.68. The van der Waals surface area contributed by atoms with Gasteiger partial charge in [-0.1, -0.05) is 106 Å². The lowest BCUT2D eigenvalue weighted by Gasteiger charge is -2.31. The molecular weight excluding hydrogens is 360 g/mol. The molecule has 0 saturated carbocycles. The number of unbranched alkanes of at least 4 members (excludes halogenated alkanes) is 4. The summed E-state index contributed by atoms with van der Waals surface area (Å²) in [6, 6.07) is 21.1. The number of benzene rings is 2. The number of hydrogen-bond donors (Lipinski definition) is 0. The van der Waals surface area contributed by atoms with Crippen LogP contribution in [0, 0.1) is 0 Å². The Morgan fingerprint density at radius 2 is 1.18 bits per heavy atom. The number of allylic oxidation sites excluding steroid dienone is 1. The van der Waals surface area contributed by atoms with Gasteiger partial charge in [0.05, 0.1) is 0 Å². The van der Waals surface area contributed by atoms with Crippen molar-refractivity contribution in [2.75, 3.05) is 13.2 Å². The molecule has 0 spiro atoms. The maximum absolute atomic E-state index is 6.64. The Balaban J connectivity index is 2.14. The topological polar surface area (TPSA) is 18.5 Å². The van der Waals surface area contributed by atoms with Crippen LogP contribution < -0.4 is 10.4 Å². The highest BCUT2D eigenvalue weighted by molar-refractivity contribution is 6.92. The minimum Gasteiger partial charge on any atom is -0.388 e. The summed E-state index contributed by atoms with van der Waals surface area (Å²) >= 11 is 0. The predicted molar refractivity (Wildman–Crippen MR) is 123 cm³/mol. The highest BCUT2D eigenvalue weighted by Crippen LogP contribution is 2.12. The molecule has 0 saturated heterocycles. The molecule has 3 heteroatoms. The molecule has 0 bridgehead atoms. The summed E-state index contributed by atoms with van der Waals surface area (Å²) in [5.74, 6) is 0. The smallest absolute Gasteiger partial charge is 0.388 e. The molecule has 2 aromatic carbocycles. The van der Waals surface area contributed by atoms with E-state index in [4.69, 9.17) is 8.85 Å². The van der Waals surface area contributed by atoms with Gasteiger partial charge in [-0.3, -0.25) is 0 Å². The van der Waals surface area contributed by atoms with Crippen LogP contribution in [-0.4, -0.2) is 21.8 Å². The molecule has 0 amide bonds. The molecule has 0 aliphatic rings. The van der Waals surface area contributed by atoms with Crippen LogP contribution in [0.15, 0.2) is 72.8 Å². The average Bonchev–Trinajstić information content (AvgIpc) is 2.76. The normalized spacial score (nSPS) is 11.9. The van der Waals surface area contributed by atoms with Crippen LogP contribution in [0.25, 0.3) is 0 Å². The third-order valence-electron chi connectivity index (χ3n) is 4.84. The molecule has 2 nitrogen and oxygen atoms in total. The summed E-state index contributed by atoms with van der Waals surface area (Å²) in [5.41, 5.74) is 0. The van der Waals surface area contributed by atoms with Crippen LogP contribution in [0.5, 0.6) is 0 Å². The first-order valence-corrected chi connectivity index (χ1v) is 12.7. The Bertz CT molecular complexity index is 615. The van der Waals surface area contributed by atoms with E-state index in [1.807, 2.05) is 0 Å². The molecule has 0 radical (unpaired) electrons. The fourth-order valence-electron chi connectivity index (χ4n) is 3.24. The maximum atomic E-state index is 6.64. The molecule has 0 N–H and O–H groups in total. The lowest BCUT2D eigenvalue weighted by molar-refractivity contribution is 0.191. The minimum atomic E-state index is -2.70. The van der Waals surface area contributed by atoms with Crippen LogP contribution in [0.3, 0.4) is 0 Å². The molecule has 2 rings (SSSR count).